The Labute approximate surface area is 127 Å². The molecule has 1 heterocycles. The number of benzene rings is 1. The highest BCUT2D eigenvalue weighted by atomic mass is 14.9. The minimum atomic E-state index is 0.741. The van der Waals surface area contributed by atoms with Gasteiger partial charge in [-0.25, -0.2) is 0 Å². The van der Waals surface area contributed by atoms with Gasteiger partial charge in [0.1, 0.15) is 0 Å². The standard InChI is InChI=1S/C18H25N3/c1-13-5-4-6-14(11-13)9-10-20-18-15-7-2-3-8-17(15)21-12-16(18)19/h2-3,7-8,12-14H,4-6,9-11,19H2,1H3,(H,20,21). The van der Waals surface area contributed by atoms with Gasteiger partial charge in [-0.15, -0.1) is 0 Å². The number of anilines is 2. The minimum Gasteiger partial charge on any atom is -0.396 e. The highest BCUT2D eigenvalue weighted by Gasteiger charge is 2.18. The van der Waals surface area contributed by atoms with E-state index in [0.717, 1.165) is 40.7 Å². The van der Waals surface area contributed by atoms with Crippen LogP contribution in [0.5, 0.6) is 0 Å². The molecule has 2 atom stereocenters. The second-order valence-electron chi connectivity index (χ2n) is 6.46. The molecule has 112 valence electrons. The van der Waals surface area contributed by atoms with E-state index in [-0.39, 0.29) is 0 Å². The van der Waals surface area contributed by atoms with Gasteiger partial charge in [0, 0.05) is 11.9 Å². The second kappa shape index (κ2) is 6.33. The molecule has 0 amide bonds. The molecule has 0 spiro atoms. The third kappa shape index (κ3) is 3.29. The van der Waals surface area contributed by atoms with Gasteiger partial charge in [-0.1, -0.05) is 44.4 Å². The van der Waals surface area contributed by atoms with E-state index < -0.39 is 0 Å². The smallest absolute Gasteiger partial charge is 0.0743 e. The Morgan fingerprint density at radius 3 is 3.00 bits per heavy atom. The van der Waals surface area contributed by atoms with Crippen molar-refractivity contribution in [2.24, 2.45) is 11.8 Å². The van der Waals surface area contributed by atoms with Gasteiger partial charge in [-0.05, 0) is 30.7 Å². The van der Waals surface area contributed by atoms with Crippen LogP contribution in [-0.4, -0.2) is 11.5 Å². The predicted molar refractivity (Wildman–Crippen MR) is 90.4 cm³/mol. The molecule has 1 aromatic heterocycles. The zero-order valence-electron chi connectivity index (χ0n) is 12.8. The molecule has 0 aliphatic heterocycles. The number of fused-ring (bicyclic) bond motifs is 1. The van der Waals surface area contributed by atoms with Crippen LogP contribution in [0.15, 0.2) is 30.5 Å². The molecule has 0 saturated heterocycles. The van der Waals surface area contributed by atoms with Gasteiger partial charge in [-0.3, -0.25) is 4.98 Å². The third-order valence-electron chi connectivity index (χ3n) is 4.70. The highest BCUT2D eigenvalue weighted by Crippen LogP contribution is 2.32. The fourth-order valence-electron chi connectivity index (χ4n) is 3.58. The summed E-state index contributed by atoms with van der Waals surface area (Å²) in [6.07, 6.45) is 8.57. The fourth-order valence-corrected chi connectivity index (χ4v) is 3.58. The van der Waals surface area contributed by atoms with Crippen molar-refractivity contribution in [1.82, 2.24) is 4.98 Å². The summed E-state index contributed by atoms with van der Waals surface area (Å²) in [5.41, 5.74) is 8.89. The van der Waals surface area contributed by atoms with Gasteiger partial charge in [0.25, 0.3) is 0 Å². The van der Waals surface area contributed by atoms with E-state index in [1.54, 1.807) is 6.20 Å². The molecular formula is C18H25N3. The average molecular weight is 283 g/mol. The number of nitrogen functional groups attached to an aromatic ring is 1. The van der Waals surface area contributed by atoms with Crippen LogP contribution in [0.1, 0.15) is 39.0 Å². The molecule has 3 heteroatoms. The van der Waals surface area contributed by atoms with Gasteiger partial charge < -0.3 is 11.1 Å². The molecule has 0 bridgehead atoms. The van der Waals surface area contributed by atoms with E-state index >= 15 is 0 Å². The maximum atomic E-state index is 6.10. The van der Waals surface area contributed by atoms with Crippen LogP contribution in [0.3, 0.4) is 0 Å². The summed E-state index contributed by atoms with van der Waals surface area (Å²) in [4.78, 5) is 4.38. The normalized spacial score (nSPS) is 22.3. The summed E-state index contributed by atoms with van der Waals surface area (Å²) in [6, 6.07) is 8.17. The number of nitrogens with one attached hydrogen (secondary N) is 1. The Kier molecular flexibility index (Phi) is 4.28. The predicted octanol–water partition coefficient (Wildman–Crippen LogP) is 4.45. The van der Waals surface area contributed by atoms with Gasteiger partial charge in [0.05, 0.1) is 23.1 Å². The molecule has 1 aliphatic rings. The number of pyridine rings is 1. The highest BCUT2D eigenvalue weighted by molar-refractivity contribution is 5.96. The van der Waals surface area contributed by atoms with Crippen LogP contribution in [0, 0.1) is 11.8 Å². The quantitative estimate of drug-likeness (QED) is 0.872. The molecule has 1 aromatic carbocycles. The van der Waals surface area contributed by atoms with Crippen molar-refractivity contribution in [2.75, 3.05) is 17.6 Å². The largest absolute Gasteiger partial charge is 0.396 e. The van der Waals surface area contributed by atoms with E-state index in [0.29, 0.717) is 0 Å². The molecule has 3 nitrogen and oxygen atoms in total. The van der Waals surface area contributed by atoms with E-state index in [9.17, 15) is 0 Å². The minimum absolute atomic E-state index is 0.741. The lowest BCUT2D eigenvalue weighted by Gasteiger charge is -2.27. The Morgan fingerprint density at radius 1 is 1.29 bits per heavy atom. The van der Waals surface area contributed by atoms with Crippen molar-refractivity contribution in [2.45, 2.75) is 39.0 Å². The third-order valence-corrected chi connectivity index (χ3v) is 4.70. The fraction of sp³-hybridized carbons (Fsp3) is 0.500. The van der Waals surface area contributed by atoms with Gasteiger partial charge in [0.15, 0.2) is 0 Å². The number of aromatic nitrogens is 1. The summed E-state index contributed by atoms with van der Waals surface area (Å²) in [5.74, 6) is 1.77. The van der Waals surface area contributed by atoms with Crippen molar-refractivity contribution in [3.8, 4) is 0 Å². The number of nitrogens with two attached hydrogens (primary N) is 1. The number of rotatable bonds is 4. The second-order valence-corrected chi connectivity index (χ2v) is 6.46. The Balaban J connectivity index is 1.66. The first-order valence-corrected chi connectivity index (χ1v) is 8.11. The van der Waals surface area contributed by atoms with Crippen molar-refractivity contribution >= 4 is 22.3 Å². The van der Waals surface area contributed by atoms with Crippen LogP contribution < -0.4 is 11.1 Å². The molecule has 3 N–H and O–H groups in total. The first kappa shape index (κ1) is 14.2. The first-order chi connectivity index (χ1) is 10.2. The number of hydrogen-bond donors (Lipinski definition) is 2. The lowest BCUT2D eigenvalue weighted by molar-refractivity contribution is 0.274. The van der Waals surface area contributed by atoms with Crippen LogP contribution in [-0.2, 0) is 0 Å². The van der Waals surface area contributed by atoms with Crippen LogP contribution in [0.4, 0.5) is 11.4 Å². The monoisotopic (exact) mass is 283 g/mol. The van der Waals surface area contributed by atoms with Gasteiger partial charge >= 0.3 is 0 Å². The van der Waals surface area contributed by atoms with E-state index in [4.69, 9.17) is 5.73 Å². The van der Waals surface area contributed by atoms with Crippen molar-refractivity contribution in [3.63, 3.8) is 0 Å². The Morgan fingerprint density at radius 2 is 2.14 bits per heavy atom. The SMILES string of the molecule is CC1CCCC(CCNc2c(N)cnc3ccccc23)C1. The maximum absolute atomic E-state index is 6.10. The maximum Gasteiger partial charge on any atom is 0.0743 e. The van der Waals surface area contributed by atoms with Crippen LogP contribution in [0.25, 0.3) is 10.9 Å². The van der Waals surface area contributed by atoms with Crippen molar-refractivity contribution < 1.29 is 0 Å². The number of para-hydroxylation sites is 1. The first-order valence-electron chi connectivity index (χ1n) is 8.11. The summed E-state index contributed by atoms with van der Waals surface area (Å²) in [5, 5.41) is 4.67. The molecule has 0 radical (unpaired) electrons. The van der Waals surface area contributed by atoms with Crippen molar-refractivity contribution in [3.05, 3.63) is 30.5 Å². The molecule has 1 fully saturated rings. The van der Waals surface area contributed by atoms with E-state index in [2.05, 4.69) is 23.3 Å². The zero-order chi connectivity index (χ0) is 14.7. The molecule has 3 rings (SSSR count). The summed E-state index contributed by atoms with van der Waals surface area (Å²) < 4.78 is 0. The topological polar surface area (TPSA) is 50.9 Å². The van der Waals surface area contributed by atoms with Gasteiger partial charge in [0.2, 0.25) is 0 Å². The van der Waals surface area contributed by atoms with E-state index in [1.807, 2.05) is 18.2 Å². The van der Waals surface area contributed by atoms with Crippen LogP contribution in [0.2, 0.25) is 0 Å². The summed E-state index contributed by atoms with van der Waals surface area (Å²) in [6.45, 7) is 3.38. The summed E-state index contributed by atoms with van der Waals surface area (Å²) in [7, 11) is 0. The Hall–Kier alpha value is -1.77. The lowest BCUT2D eigenvalue weighted by atomic mass is 9.81. The molecule has 21 heavy (non-hydrogen) atoms. The lowest BCUT2D eigenvalue weighted by Crippen LogP contribution is -2.17. The molecule has 1 aliphatic carbocycles. The molecule has 1 saturated carbocycles. The average Bonchev–Trinajstić information content (AvgIpc) is 2.50. The summed E-state index contributed by atoms with van der Waals surface area (Å²) >= 11 is 0. The number of hydrogen-bond acceptors (Lipinski definition) is 3. The molecule has 2 unspecified atom stereocenters. The van der Waals surface area contributed by atoms with E-state index in [1.165, 1.54) is 32.1 Å². The molecular weight excluding hydrogens is 258 g/mol. The van der Waals surface area contributed by atoms with Crippen molar-refractivity contribution in [1.29, 1.82) is 0 Å². The Bertz CT molecular complexity index is 608. The zero-order valence-corrected chi connectivity index (χ0v) is 12.8. The van der Waals surface area contributed by atoms with Crippen LogP contribution >= 0.6 is 0 Å². The van der Waals surface area contributed by atoms with Gasteiger partial charge in [-0.2, -0.15) is 0 Å². The number of nitrogens with zero attached hydrogens (tertiary/aromatic N) is 1. The molecule has 2 aromatic rings.